The first kappa shape index (κ1) is 17.5. The summed E-state index contributed by atoms with van der Waals surface area (Å²) in [7, 11) is -3.11. The van der Waals surface area contributed by atoms with Gasteiger partial charge in [0.15, 0.2) is 0 Å². The SMILES string of the molecule is CS(=O)(=O)CCC(=O)N1CCc2ccccc2C1C1CCCCC1. The maximum atomic E-state index is 12.8. The summed E-state index contributed by atoms with van der Waals surface area (Å²) in [6.45, 7) is 0.709. The zero-order valence-corrected chi connectivity index (χ0v) is 15.2. The fraction of sp³-hybridized carbons (Fsp3) is 0.632. The van der Waals surface area contributed by atoms with Crippen LogP contribution in [0.5, 0.6) is 0 Å². The monoisotopic (exact) mass is 349 g/mol. The van der Waals surface area contributed by atoms with Crippen molar-refractivity contribution < 1.29 is 13.2 Å². The van der Waals surface area contributed by atoms with Crippen molar-refractivity contribution >= 4 is 15.7 Å². The van der Waals surface area contributed by atoms with Crippen LogP contribution < -0.4 is 0 Å². The molecule has 0 aromatic heterocycles. The van der Waals surface area contributed by atoms with Crippen LogP contribution in [0.1, 0.15) is 55.7 Å². The molecule has 1 aromatic rings. The first-order chi connectivity index (χ1) is 11.5. The first-order valence-electron chi connectivity index (χ1n) is 9.01. The zero-order chi connectivity index (χ0) is 17.2. The number of fused-ring (bicyclic) bond motifs is 1. The third-order valence-corrected chi connectivity index (χ3v) is 6.38. The molecule has 24 heavy (non-hydrogen) atoms. The lowest BCUT2D eigenvalue weighted by molar-refractivity contribution is -0.135. The Morgan fingerprint density at radius 3 is 2.58 bits per heavy atom. The van der Waals surface area contributed by atoms with Crippen LogP contribution in [0.3, 0.4) is 0 Å². The van der Waals surface area contributed by atoms with Gasteiger partial charge in [0.2, 0.25) is 5.91 Å². The summed E-state index contributed by atoms with van der Waals surface area (Å²) in [5.74, 6) is 0.439. The van der Waals surface area contributed by atoms with Gasteiger partial charge in [-0.1, -0.05) is 43.5 Å². The summed E-state index contributed by atoms with van der Waals surface area (Å²) in [4.78, 5) is 14.7. The van der Waals surface area contributed by atoms with Gasteiger partial charge in [-0.3, -0.25) is 4.79 Å². The van der Waals surface area contributed by atoms with Crippen molar-refractivity contribution in [3.8, 4) is 0 Å². The van der Waals surface area contributed by atoms with E-state index < -0.39 is 9.84 Å². The van der Waals surface area contributed by atoms with E-state index in [0.29, 0.717) is 12.5 Å². The quantitative estimate of drug-likeness (QED) is 0.839. The van der Waals surface area contributed by atoms with E-state index in [1.165, 1.54) is 36.6 Å². The highest BCUT2D eigenvalue weighted by atomic mass is 32.2. The summed E-state index contributed by atoms with van der Waals surface area (Å²) in [5.41, 5.74) is 2.63. The Morgan fingerprint density at radius 2 is 1.88 bits per heavy atom. The number of benzene rings is 1. The minimum Gasteiger partial charge on any atom is -0.335 e. The molecule has 1 fully saturated rings. The number of rotatable bonds is 4. The van der Waals surface area contributed by atoms with E-state index in [2.05, 4.69) is 24.3 Å². The molecule has 1 aliphatic heterocycles. The molecule has 1 heterocycles. The molecule has 0 N–H and O–H groups in total. The van der Waals surface area contributed by atoms with Crippen LogP contribution in [0.25, 0.3) is 0 Å². The summed E-state index contributed by atoms with van der Waals surface area (Å²) in [6.07, 6.45) is 8.23. The van der Waals surface area contributed by atoms with E-state index in [9.17, 15) is 13.2 Å². The molecule has 4 nitrogen and oxygen atoms in total. The van der Waals surface area contributed by atoms with Gasteiger partial charge in [-0.05, 0) is 36.3 Å². The smallest absolute Gasteiger partial charge is 0.224 e. The van der Waals surface area contributed by atoms with Gasteiger partial charge in [0.1, 0.15) is 9.84 Å². The van der Waals surface area contributed by atoms with Crippen LogP contribution in [0.2, 0.25) is 0 Å². The second-order valence-electron chi connectivity index (χ2n) is 7.26. The summed E-state index contributed by atoms with van der Waals surface area (Å²) in [6, 6.07) is 8.58. The van der Waals surface area contributed by atoms with Crippen molar-refractivity contribution in [2.24, 2.45) is 5.92 Å². The van der Waals surface area contributed by atoms with E-state index in [1.54, 1.807) is 0 Å². The van der Waals surface area contributed by atoms with Gasteiger partial charge < -0.3 is 4.90 Å². The lowest BCUT2D eigenvalue weighted by Gasteiger charge is -2.43. The van der Waals surface area contributed by atoms with Gasteiger partial charge in [-0.2, -0.15) is 0 Å². The Bertz CT molecular complexity index is 692. The number of hydrogen-bond acceptors (Lipinski definition) is 3. The molecule has 0 bridgehead atoms. The van der Waals surface area contributed by atoms with Crippen molar-refractivity contribution in [3.05, 3.63) is 35.4 Å². The molecule has 1 aromatic carbocycles. The average Bonchev–Trinajstić information content (AvgIpc) is 2.58. The number of amides is 1. The highest BCUT2D eigenvalue weighted by Crippen LogP contribution is 2.42. The van der Waals surface area contributed by atoms with Crippen molar-refractivity contribution in [3.63, 3.8) is 0 Å². The number of carbonyl (C=O) groups is 1. The Kier molecular flexibility index (Phi) is 5.28. The topological polar surface area (TPSA) is 54.5 Å². The van der Waals surface area contributed by atoms with Gasteiger partial charge in [-0.15, -0.1) is 0 Å². The third kappa shape index (κ3) is 4.00. The maximum Gasteiger partial charge on any atom is 0.224 e. The molecular weight excluding hydrogens is 322 g/mol. The third-order valence-electron chi connectivity index (χ3n) is 5.43. The molecule has 1 amide bonds. The Morgan fingerprint density at radius 1 is 1.17 bits per heavy atom. The van der Waals surface area contributed by atoms with Crippen molar-refractivity contribution in [1.29, 1.82) is 0 Å². The highest BCUT2D eigenvalue weighted by Gasteiger charge is 2.36. The van der Waals surface area contributed by atoms with Crippen molar-refractivity contribution in [1.82, 2.24) is 4.90 Å². The molecule has 1 saturated carbocycles. The summed E-state index contributed by atoms with van der Waals surface area (Å²) < 4.78 is 22.9. The zero-order valence-electron chi connectivity index (χ0n) is 14.4. The minimum absolute atomic E-state index is 0.00879. The number of nitrogens with zero attached hydrogens (tertiary/aromatic N) is 1. The molecule has 0 spiro atoms. The van der Waals surface area contributed by atoms with E-state index in [0.717, 1.165) is 19.3 Å². The second kappa shape index (κ2) is 7.26. The number of carbonyl (C=O) groups excluding carboxylic acids is 1. The Hall–Kier alpha value is -1.36. The van der Waals surface area contributed by atoms with Gasteiger partial charge in [0, 0.05) is 19.2 Å². The molecule has 1 unspecified atom stereocenters. The van der Waals surface area contributed by atoms with Gasteiger partial charge >= 0.3 is 0 Å². The van der Waals surface area contributed by atoms with Crippen LogP contribution in [0, 0.1) is 5.92 Å². The Balaban J connectivity index is 1.85. The predicted octanol–water partition coefficient (Wildman–Crippen LogP) is 3.13. The van der Waals surface area contributed by atoms with Gasteiger partial charge in [-0.25, -0.2) is 8.42 Å². The minimum atomic E-state index is -3.11. The van der Waals surface area contributed by atoms with Crippen molar-refractivity contribution in [2.75, 3.05) is 18.6 Å². The van der Waals surface area contributed by atoms with Crippen LogP contribution in [-0.4, -0.2) is 37.8 Å². The van der Waals surface area contributed by atoms with E-state index in [-0.39, 0.29) is 24.1 Å². The van der Waals surface area contributed by atoms with Crippen LogP contribution in [-0.2, 0) is 21.1 Å². The largest absolute Gasteiger partial charge is 0.335 e. The standard InChI is InChI=1S/C19H27NO3S/c1-24(22,23)14-12-18(21)20-13-11-15-7-5-6-10-17(15)19(20)16-8-3-2-4-9-16/h5-7,10,16,19H,2-4,8-9,11-14H2,1H3. The average molecular weight is 349 g/mol. The lowest BCUT2D eigenvalue weighted by atomic mass is 9.77. The highest BCUT2D eigenvalue weighted by molar-refractivity contribution is 7.90. The molecule has 2 aliphatic rings. The number of hydrogen-bond donors (Lipinski definition) is 0. The van der Waals surface area contributed by atoms with E-state index in [1.807, 2.05) is 4.90 Å². The van der Waals surface area contributed by atoms with Gasteiger partial charge in [0.25, 0.3) is 0 Å². The molecule has 3 rings (SSSR count). The van der Waals surface area contributed by atoms with Crippen LogP contribution in [0.4, 0.5) is 0 Å². The predicted molar refractivity (Wildman–Crippen MR) is 95.5 cm³/mol. The fourth-order valence-corrected chi connectivity index (χ4v) is 4.80. The molecule has 5 heteroatoms. The number of sulfone groups is 1. The molecule has 1 aliphatic carbocycles. The lowest BCUT2D eigenvalue weighted by Crippen LogP contribution is -2.44. The summed E-state index contributed by atoms with van der Waals surface area (Å²) >= 11 is 0. The molecule has 132 valence electrons. The molecule has 1 atom stereocenters. The maximum absolute atomic E-state index is 12.8. The molecule has 0 radical (unpaired) electrons. The van der Waals surface area contributed by atoms with Crippen LogP contribution >= 0.6 is 0 Å². The Labute approximate surface area is 145 Å². The van der Waals surface area contributed by atoms with Gasteiger partial charge in [0.05, 0.1) is 11.8 Å². The van der Waals surface area contributed by atoms with E-state index >= 15 is 0 Å². The first-order valence-corrected chi connectivity index (χ1v) is 11.1. The van der Waals surface area contributed by atoms with E-state index in [4.69, 9.17) is 0 Å². The second-order valence-corrected chi connectivity index (χ2v) is 9.52. The van der Waals surface area contributed by atoms with Crippen molar-refractivity contribution in [2.45, 2.75) is 51.0 Å². The summed E-state index contributed by atoms with van der Waals surface area (Å²) in [5, 5.41) is 0. The fourth-order valence-electron chi connectivity index (χ4n) is 4.25. The molecular formula is C19H27NO3S. The van der Waals surface area contributed by atoms with Crippen LogP contribution in [0.15, 0.2) is 24.3 Å². The molecule has 0 saturated heterocycles. The normalized spacial score (nSPS) is 22.2.